The first-order chi connectivity index (χ1) is 17.9. The normalized spacial score (nSPS) is 12.8. The minimum absolute atomic E-state index is 0.311. The van der Waals surface area contributed by atoms with Gasteiger partial charge in [0.2, 0.25) is 0 Å². The van der Waals surface area contributed by atoms with Crippen molar-refractivity contribution in [2.75, 3.05) is 5.32 Å². The van der Waals surface area contributed by atoms with E-state index in [-0.39, 0.29) is 5.41 Å². The second-order valence-corrected chi connectivity index (χ2v) is 10.1. The van der Waals surface area contributed by atoms with E-state index in [4.69, 9.17) is 0 Å². The molecule has 184 valence electrons. The van der Waals surface area contributed by atoms with Crippen LogP contribution < -0.4 is 5.32 Å². The van der Waals surface area contributed by atoms with Gasteiger partial charge in [0, 0.05) is 69.4 Å². The van der Waals surface area contributed by atoms with Crippen LogP contribution in [0.5, 0.6) is 0 Å². The number of aliphatic hydroxyl groups is 1. The number of aromatic nitrogens is 7. The number of nitrogens with one attached hydrogen (secondary N) is 3. The Morgan fingerprint density at radius 1 is 0.838 bits per heavy atom. The fraction of sp³-hybridized carbons (Fsp3) is 0.179. The standard InChI is InChI=1S/C28H26N8O/c1-28(2,3)27(37)33-19-9-17(13-30-15-19)18-10-21-25(35-36-26(21)32-14-18)23-11-20-22(34-23)6-8-31-24(20)16-5-4-7-29-12-16/h4-15,27,33-34,37H,1-3H3,(H,32,35,36). The second kappa shape index (κ2) is 8.79. The molecule has 6 aromatic rings. The van der Waals surface area contributed by atoms with E-state index in [1.54, 1.807) is 31.0 Å². The number of nitrogens with zero attached hydrogens (tertiary/aromatic N) is 5. The molecule has 0 amide bonds. The topological polar surface area (TPSA) is 128 Å². The molecule has 9 heteroatoms. The molecule has 0 fully saturated rings. The zero-order valence-electron chi connectivity index (χ0n) is 20.7. The van der Waals surface area contributed by atoms with Crippen molar-refractivity contribution < 1.29 is 5.11 Å². The van der Waals surface area contributed by atoms with Crippen molar-refractivity contribution >= 4 is 27.6 Å². The number of H-pyrrole nitrogens is 2. The third kappa shape index (κ3) is 4.30. The Bertz CT molecular complexity index is 1720. The van der Waals surface area contributed by atoms with Crippen LogP contribution in [0.25, 0.3) is 55.7 Å². The molecule has 0 saturated carbocycles. The van der Waals surface area contributed by atoms with E-state index in [0.717, 1.165) is 55.7 Å². The first-order valence-corrected chi connectivity index (χ1v) is 12.0. The van der Waals surface area contributed by atoms with Crippen LogP contribution in [0.1, 0.15) is 20.8 Å². The van der Waals surface area contributed by atoms with Gasteiger partial charge in [-0.2, -0.15) is 5.10 Å². The predicted molar refractivity (Wildman–Crippen MR) is 145 cm³/mol. The van der Waals surface area contributed by atoms with Gasteiger partial charge in [-0.1, -0.05) is 20.8 Å². The molecule has 0 radical (unpaired) electrons. The zero-order chi connectivity index (χ0) is 25.6. The molecule has 6 rings (SSSR count). The van der Waals surface area contributed by atoms with Gasteiger partial charge in [0.05, 0.1) is 23.3 Å². The summed E-state index contributed by atoms with van der Waals surface area (Å²) in [6.45, 7) is 5.92. The van der Waals surface area contributed by atoms with Crippen molar-refractivity contribution in [3.63, 3.8) is 0 Å². The number of hydrogen-bond donors (Lipinski definition) is 4. The van der Waals surface area contributed by atoms with Crippen LogP contribution in [0.3, 0.4) is 0 Å². The van der Waals surface area contributed by atoms with Crippen LogP contribution in [0.2, 0.25) is 0 Å². The Hall–Kier alpha value is -4.63. The molecule has 37 heavy (non-hydrogen) atoms. The van der Waals surface area contributed by atoms with Crippen molar-refractivity contribution in [1.29, 1.82) is 0 Å². The molecule has 0 bridgehead atoms. The summed E-state index contributed by atoms with van der Waals surface area (Å²) in [6, 6.07) is 11.9. The highest BCUT2D eigenvalue weighted by Gasteiger charge is 2.22. The zero-order valence-corrected chi connectivity index (χ0v) is 20.7. The Labute approximate surface area is 213 Å². The molecular formula is C28H26N8O. The molecule has 6 aromatic heterocycles. The molecule has 4 N–H and O–H groups in total. The molecule has 6 heterocycles. The van der Waals surface area contributed by atoms with Crippen molar-refractivity contribution in [2.45, 2.75) is 27.0 Å². The van der Waals surface area contributed by atoms with Gasteiger partial charge in [-0.15, -0.1) is 0 Å². The molecule has 0 saturated heterocycles. The number of hydrogen-bond acceptors (Lipinski definition) is 7. The van der Waals surface area contributed by atoms with Crippen LogP contribution in [0.15, 0.2) is 73.6 Å². The Balaban J connectivity index is 1.40. The number of aromatic amines is 2. The largest absolute Gasteiger partial charge is 0.373 e. The number of anilines is 1. The van der Waals surface area contributed by atoms with Gasteiger partial charge in [-0.3, -0.25) is 20.1 Å². The highest BCUT2D eigenvalue weighted by Crippen LogP contribution is 2.34. The molecule has 1 unspecified atom stereocenters. The van der Waals surface area contributed by atoms with E-state index < -0.39 is 6.23 Å². The maximum absolute atomic E-state index is 10.5. The van der Waals surface area contributed by atoms with Crippen LogP contribution >= 0.6 is 0 Å². The third-order valence-electron chi connectivity index (χ3n) is 6.35. The smallest absolute Gasteiger partial charge is 0.155 e. The fourth-order valence-corrected chi connectivity index (χ4v) is 4.23. The van der Waals surface area contributed by atoms with Crippen molar-refractivity contribution in [2.24, 2.45) is 5.41 Å². The van der Waals surface area contributed by atoms with Gasteiger partial charge in [-0.05, 0) is 36.4 Å². The first kappa shape index (κ1) is 22.8. The molecule has 0 aliphatic heterocycles. The predicted octanol–water partition coefficient (Wildman–Crippen LogP) is 5.40. The summed E-state index contributed by atoms with van der Waals surface area (Å²) in [5, 5.41) is 23.1. The van der Waals surface area contributed by atoms with Crippen LogP contribution in [0.4, 0.5) is 5.69 Å². The number of aliphatic hydroxyl groups excluding tert-OH is 1. The van der Waals surface area contributed by atoms with Crippen LogP contribution in [-0.4, -0.2) is 46.5 Å². The van der Waals surface area contributed by atoms with Gasteiger partial charge in [0.1, 0.15) is 11.9 Å². The average molecular weight is 491 g/mol. The monoisotopic (exact) mass is 490 g/mol. The maximum Gasteiger partial charge on any atom is 0.155 e. The van der Waals surface area contributed by atoms with E-state index >= 15 is 0 Å². The minimum atomic E-state index is -0.710. The molecule has 0 aromatic carbocycles. The number of pyridine rings is 4. The summed E-state index contributed by atoms with van der Waals surface area (Å²) in [7, 11) is 0. The van der Waals surface area contributed by atoms with Gasteiger partial charge in [0.15, 0.2) is 5.65 Å². The second-order valence-electron chi connectivity index (χ2n) is 10.1. The van der Waals surface area contributed by atoms with Crippen LogP contribution in [0, 0.1) is 5.41 Å². The molecule has 0 spiro atoms. The molecule has 9 nitrogen and oxygen atoms in total. The number of fused-ring (bicyclic) bond motifs is 2. The highest BCUT2D eigenvalue weighted by molar-refractivity contribution is 5.99. The summed E-state index contributed by atoms with van der Waals surface area (Å²) in [4.78, 5) is 21.3. The Morgan fingerprint density at radius 3 is 2.49 bits per heavy atom. The Kier molecular flexibility index (Phi) is 5.42. The van der Waals surface area contributed by atoms with E-state index in [9.17, 15) is 5.11 Å². The lowest BCUT2D eigenvalue weighted by molar-refractivity contribution is 0.0880. The fourth-order valence-electron chi connectivity index (χ4n) is 4.23. The minimum Gasteiger partial charge on any atom is -0.373 e. The van der Waals surface area contributed by atoms with E-state index in [0.29, 0.717) is 5.65 Å². The summed E-state index contributed by atoms with van der Waals surface area (Å²) >= 11 is 0. The molecular weight excluding hydrogens is 464 g/mol. The molecule has 1 atom stereocenters. The summed E-state index contributed by atoms with van der Waals surface area (Å²) < 4.78 is 0. The van der Waals surface area contributed by atoms with E-state index in [1.165, 1.54) is 0 Å². The lowest BCUT2D eigenvalue weighted by Gasteiger charge is -2.27. The van der Waals surface area contributed by atoms with Crippen molar-refractivity contribution in [3.05, 3.63) is 73.6 Å². The van der Waals surface area contributed by atoms with E-state index in [2.05, 4.69) is 46.5 Å². The molecule has 0 aliphatic rings. The average Bonchev–Trinajstić information content (AvgIpc) is 3.52. The SMILES string of the molecule is CC(C)(C)C(O)Nc1cncc(-c2cnc3[nH]nc(-c4cc5c(-c6cccnc6)nccc5[nH]4)c3c2)c1. The quantitative estimate of drug-likeness (QED) is 0.238. The molecule has 0 aliphatic carbocycles. The Morgan fingerprint density at radius 2 is 1.68 bits per heavy atom. The summed E-state index contributed by atoms with van der Waals surface area (Å²) in [6.07, 6.45) is 9.92. The van der Waals surface area contributed by atoms with E-state index in [1.807, 2.05) is 57.3 Å². The summed E-state index contributed by atoms with van der Waals surface area (Å²) in [5.74, 6) is 0. The van der Waals surface area contributed by atoms with Crippen molar-refractivity contribution in [3.8, 4) is 33.8 Å². The summed E-state index contributed by atoms with van der Waals surface area (Å²) in [5.41, 5.74) is 7.29. The maximum atomic E-state index is 10.5. The lowest BCUT2D eigenvalue weighted by atomic mass is 9.94. The van der Waals surface area contributed by atoms with Gasteiger partial charge < -0.3 is 15.4 Å². The van der Waals surface area contributed by atoms with Gasteiger partial charge >= 0.3 is 0 Å². The highest BCUT2D eigenvalue weighted by atomic mass is 16.3. The lowest BCUT2D eigenvalue weighted by Crippen LogP contribution is -2.33. The number of rotatable bonds is 5. The van der Waals surface area contributed by atoms with Gasteiger partial charge in [-0.25, -0.2) is 4.98 Å². The first-order valence-electron chi connectivity index (χ1n) is 12.0. The third-order valence-corrected chi connectivity index (χ3v) is 6.35. The van der Waals surface area contributed by atoms with Crippen molar-refractivity contribution in [1.82, 2.24) is 35.1 Å². The van der Waals surface area contributed by atoms with Gasteiger partial charge in [0.25, 0.3) is 0 Å². The van der Waals surface area contributed by atoms with Crippen LogP contribution in [-0.2, 0) is 0 Å².